The second kappa shape index (κ2) is 7.89. The van der Waals surface area contributed by atoms with Crippen LogP contribution in [-0.2, 0) is 12.4 Å². The Morgan fingerprint density at radius 1 is 0.906 bits per heavy atom. The third-order valence-electron chi connectivity index (χ3n) is 4.08. The van der Waals surface area contributed by atoms with Gasteiger partial charge in [0, 0.05) is 12.1 Å². The summed E-state index contributed by atoms with van der Waals surface area (Å²) in [6.45, 7) is 0. The molecule has 0 saturated carbocycles. The lowest BCUT2D eigenvalue weighted by Crippen LogP contribution is -2.45. The molecule has 1 heterocycles. The fourth-order valence-electron chi connectivity index (χ4n) is 2.67. The molecule has 170 valence electrons. The van der Waals surface area contributed by atoms with Gasteiger partial charge in [-0.05, 0) is 18.2 Å². The van der Waals surface area contributed by atoms with Gasteiger partial charge in [-0.3, -0.25) is 4.79 Å². The maximum absolute atomic E-state index is 14.5. The Labute approximate surface area is 177 Å². The molecule has 0 radical (unpaired) electrons. The van der Waals surface area contributed by atoms with Crippen molar-refractivity contribution in [3.63, 3.8) is 0 Å². The molecular weight excluding hydrogens is 475 g/mol. The summed E-state index contributed by atoms with van der Waals surface area (Å²) in [6, 6.07) is 4.96. The predicted molar refractivity (Wildman–Crippen MR) is 97.9 cm³/mol. The van der Waals surface area contributed by atoms with E-state index in [1.54, 1.807) is 0 Å². The van der Waals surface area contributed by atoms with Gasteiger partial charge < -0.3 is 10.6 Å². The maximum atomic E-state index is 14.5. The lowest BCUT2D eigenvalue weighted by atomic mass is 10.2. The van der Waals surface area contributed by atoms with Gasteiger partial charge >= 0.3 is 18.0 Å². The number of halogens is 8. The first-order valence-electron chi connectivity index (χ1n) is 8.26. The van der Waals surface area contributed by atoms with Gasteiger partial charge in [0.05, 0.1) is 16.3 Å². The monoisotopic (exact) mass is 483 g/mol. The van der Waals surface area contributed by atoms with E-state index in [0.717, 1.165) is 12.1 Å². The molecule has 0 aliphatic rings. The minimum Gasteiger partial charge on any atom is -0.455 e. The second-order valence-corrected chi connectivity index (χ2v) is 6.59. The molecule has 14 heteroatoms. The van der Waals surface area contributed by atoms with Gasteiger partial charge in [-0.2, -0.15) is 26.3 Å². The summed E-state index contributed by atoms with van der Waals surface area (Å²) in [5.41, 5.74) is -7.33. The van der Waals surface area contributed by atoms with Crippen LogP contribution in [0.5, 0.6) is 11.5 Å². The number of aromatic nitrogens is 2. The van der Waals surface area contributed by atoms with Crippen LogP contribution in [0.3, 0.4) is 0 Å². The zero-order valence-electron chi connectivity index (χ0n) is 15.3. The molecule has 0 aliphatic carbocycles. The SMILES string of the molecule is Nn1c(C(F)(F)F)cc(=O)n(-c2cc(Oc3ccccc3C(F)(F)F)c(Cl)cc2F)c1=O. The summed E-state index contributed by atoms with van der Waals surface area (Å²) < 4.78 is 97.4. The van der Waals surface area contributed by atoms with Crippen LogP contribution >= 0.6 is 11.6 Å². The summed E-state index contributed by atoms with van der Waals surface area (Å²) in [5.74, 6) is 2.39. The maximum Gasteiger partial charge on any atom is 0.433 e. The fraction of sp³-hybridized carbons (Fsp3) is 0.111. The van der Waals surface area contributed by atoms with Crippen LogP contribution in [0, 0.1) is 5.82 Å². The van der Waals surface area contributed by atoms with E-state index in [0.29, 0.717) is 18.2 Å². The normalized spacial score (nSPS) is 12.1. The second-order valence-electron chi connectivity index (χ2n) is 6.18. The van der Waals surface area contributed by atoms with Crippen molar-refractivity contribution in [3.05, 3.63) is 85.4 Å². The first-order valence-corrected chi connectivity index (χ1v) is 8.64. The van der Waals surface area contributed by atoms with Crippen molar-refractivity contribution in [3.8, 4) is 17.2 Å². The van der Waals surface area contributed by atoms with Gasteiger partial charge in [-0.15, -0.1) is 0 Å². The van der Waals surface area contributed by atoms with Gasteiger partial charge in [0.1, 0.15) is 17.3 Å². The first-order chi connectivity index (χ1) is 14.7. The van der Waals surface area contributed by atoms with Crippen molar-refractivity contribution < 1.29 is 35.5 Å². The fourth-order valence-corrected chi connectivity index (χ4v) is 2.86. The Balaban J connectivity index is 2.20. The van der Waals surface area contributed by atoms with E-state index in [9.17, 15) is 40.3 Å². The van der Waals surface area contributed by atoms with Gasteiger partial charge in [0.15, 0.2) is 5.69 Å². The Hall–Kier alpha value is -3.48. The van der Waals surface area contributed by atoms with Gasteiger partial charge in [-0.25, -0.2) is 18.4 Å². The molecule has 0 fully saturated rings. The Kier molecular flexibility index (Phi) is 5.72. The summed E-state index contributed by atoms with van der Waals surface area (Å²) in [7, 11) is 0. The number of para-hydroxylation sites is 1. The van der Waals surface area contributed by atoms with Crippen LogP contribution in [0.4, 0.5) is 30.7 Å². The highest BCUT2D eigenvalue weighted by molar-refractivity contribution is 6.32. The van der Waals surface area contributed by atoms with Crippen molar-refractivity contribution in [1.29, 1.82) is 0 Å². The van der Waals surface area contributed by atoms with E-state index in [1.165, 1.54) is 6.07 Å². The average Bonchev–Trinajstić information content (AvgIpc) is 2.66. The van der Waals surface area contributed by atoms with E-state index < -0.39 is 67.6 Å². The quantitative estimate of drug-likeness (QED) is 0.444. The van der Waals surface area contributed by atoms with E-state index >= 15 is 0 Å². The first kappa shape index (κ1) is 23.2. The third kappa shape index (κ3) is 4.28. The summed E-state index contributed by atoms with van der Waals surface area (Å²) in [6.07, 6.45) is -10.00. The molecule has 0 atom stereocenters. The highest BCUT2D eigenvalue weighted by Crippen LogP contribution is 2.40. The number of rotatable bonds is 3. The Morgan fingerprint density at radius 3 is 2.12 bits per heavy atom. The molecule has 3 rings (SSSR count). The highest BCUT2D eigenvalue weighted by Gasteiger charge is 2.36. The molecule has 0 aliphatic heterocycles. The van der Waals surface area contributed by atoms with Crippen LogP contribution < -0.4 is 21.8 Å². The molecule has 32 heavy (non-hydrogen) atoms. The van der Waals surface area contributed by atoms with Crippen LogP contribution in [0.1, 0.15) is 11.3 Å². The molecule has 0 amide bonds. The van der Waals surface area contributed by atoms with Crippen LogP contribution in [0.2, 0.25) is 5.02 Å². The van der Waals surface area contributed by atoms with E-state index in [4.69, 9.17) is 22.2 Å². The average molecular weight is 484 g/mol. The molecule has 2 N–H and O–H groups in total. The number of nitrogens with zero attached hydrogens (tertiary/aromatic N) is 2. The summed E-state index contributed by atoms with van der Waals surface area (Å²) >= 11 is 5.81. The van der Waals surface area contributed by atoms with Crippen molar-refractivity contribution in [2.75, 3.05) is 5.84 Å². The number of hydrogen-bond donors (Lipinski definition) is 1. The number of ether oxygens (including phenoxy) is 1. The molecule has 0 saturated heterocycles. The van der Waals surface area contributed by atoms with Crippen molar-refractivity contribution in [2.24, 2.45) is 0 Å². The zero-order chi connectivity index (χ0) is 24.0. The Morgan fingerprint density at radius 2 is 1.53 bits per heavy atom. The van der Waals surface area contributed by atoms with E-state index in [1.807, 2.05) is 0 Å². The van der Waals surface area contributed by atoms with Crippen LogP contribution in [0.15, 0.2) is 52.1 Å². The number of nitrogen functional groups attached to an aromatic ring is 1. The standard InChI is InChI=1S/C18H9ClF7N3O3/c19-9-5-10(20)11(28-15(30)7-14(18(24,25)26)29(27)16(28)31)6-13(9)32-12-4-2-1-3-8(12)17(21,22)23/h1-7H,27H2. The molecule has 3 aromatic rings. The Bertz CT molecular complexity index is 1310. The minimum atomic E-state index is -5.17. The smallest absolute Gasteiger partial charge is 0.433 e. The molecule has 0 bridgehead atoms. The number of nitrogens with two attached hydrogens (primary N) is 1. The topological polar surface area (TPSA) is 79.2 Å². The molecule has 1 aromatic heterocycles. The van der Waals surface area contributed by atoms with Crippen molar-refractivity contribution in [2.45, 2.75) is 12.4 Å². The van der Waals surface area contributed by atoms with Crippen molar-refractivity contribution in [1.82, 2.24) is 9.24 Å². The van der Waals surface area contributed by atoms with Crippen molar-refractivity contribution >= 4 is 11.6 Å². The minimum absolute atomic E-state index is 0.0467. The highest BCUT2D eigenvalue weighted by atomic mass is 35.5. The molecule has 2 aromatic carbocycles. The number of alkyl halides is 6. The molecule has 0 spiro atoms. The lowest BCUT2D eigenvalue weighted by molar-refractivity contribution is -0.143. The third-order valence-corrected chi connectivity index (χ3v) is 4.38. The summed E-state index contributed by atoms with van der Waals surface area (Å²) in [4.78, 5) is 24.4. The summed E-state index contributed by atoms with van der Waals surface area (Å²) in [5, 5.41) is -0.545. The van der Waals surface area contributed by atoms with Gasteiger partial charge in [-0.1, -0.05) is 23.7 Å². The molecular formula is C18H9ClF7N3O3. The van der Waals surface area contributed by atoms with E-state index in [2.05, 4.69) is 0 Å². The van der Waals surface area contributed by atoms with E-state index in [-0.39, 0.29) is 10.6 Å². The number of hydrogen-bond acceptors (Lipinski definition) is 4. The van der Waals surface area contributed by atoms with Crippen LogP contribution in [0.25, 0.3) is 5.69 Å². The lowest BCUT2D eigenvalue weighted by Gasteiger charge is -2.16. The molecule has 0 unspecified atom stereocenters. The largest absolute Gasteiger partial charge is 0.455 e. The number of benzene rings is 2. The van der Waals surface area contributed by atoms with Gasteiger partial charge in [0.2, 0.25) is 0 Å². The predicted octanol–water partition coefficient (Wildman–Crippen LogP) is 4.34. The van der Waals surface area contributed by atoms with Crippen LogP contribution in [-0.4, -0.2) is 9.24 Å². The zero-order valence-corrected chi connectivity index (χ0v) is 16.0. The molecule has 6 nitrogen and oxygen atoms in total. The van der Waals surface area contributed by atoms with Gasteiger partial charge in [0.25, 0.3) is 5.56 Å².